The number of ether oxygens (including phenoxy) is 1. The molecule has 1 saturated heterocycles. The molecule has 0 spiro atoms. The zero-order chi connectivity index (χ0) is 33.9. The zero-order valence-corrected chi connectivity index (χ0v) is 27.6. The first kappa shape index (κ1) is 35.2. The zero-order valence-electron chi connectivity index (χ0n) is 27.6. The average Bonchev–Trinajstić information content (AvgIpc) is 3.03. The first-order chi connectivity index (χ1) is 22.5. The minimum atomic E-state index is -1.05. The molecule has 47 heavy (non-hydrogen) atoms. The lowest BCUT2D eigenvalue weighted by atomic mass is 9.92. The van der Waals surface area contributed by atoms with E-state index < -0.39 is 42.0 Å². The molecule has 10 heteroatoms. The Bertz CT molecular complexity index is 1490. The number of rotatable bonds is 15. The van der Waals surface area contributed by atoms with Crippen LogP contribution in [0.4, 0.5) is 0 Å². The minimum absolute atomic E-state index is 0.120. The van der Waals surface area contributed by atoms with Gasteiger partial charge in [-0.2, -0.15) is 0 Å². The third-order valence-electron chi connectivity index (χ3n) is 8.39. The van der Waals surface area contributed by atoms with Gasteiger partial charge in [-0.15, -0.1) is 0 Å². The SMILES string of the molecule is Cc1cccc(C)c1OCC(=O)N[C@@H](Cc1ccccc1)[C@@H](O)C[C@H](Cc1ccccc1)NC(=O)[C@H](C(C)C)N1CCNC(=O)C1=O. The molecule has 0 bridgehead atoms. The van der Waals surface area contributed by atoms with Crippen molar-refractivity contribution in [3.05, 3.63) is 101 Å². The summed E-state index contributed by atoms with van der Waals surface area (Å²) in [5.41, 5.74) is 3.72. The Morgan fingerprint density at radius 3 is 2.06 bits per heavy atom. The Morgan fingerprint density at radius 1 is 0.872 bits per heavy atom. The maximum absolute atomic E-state index is 13.8. The molecule has 0 aliphatic carbocycles. The van der Waals surface area contributed by atoms with E-state index in [1.807, 2.05) is 107 Å². The molecule has 4 amide bonds. The molecule has 3 aromatic carbocycles. The highest BCUT2D eigenvalue weighted by molar-refractivity contribution is 6.36. The molecule has 10 nitrogen and oxygen atoms in total. The molecular weight excluding hydrogens is 596 g/mol. The lowest BCUT2D eigenvalue weighted by molar-refractivity contribution is -0.153. The van der Waals surface area contributed by atoms with E-state index in [1.165, 1.54) is 4.90 Å². The molecule has 4 rings (SSSR count). The van der Waals surface area contributed by atoms with Crippen molar-refractivity contribution in [2.45, 2.75) is 71.2 Å². The van der Waals surface area contributed by atoms with E-state index >= 15 is 0 Å². The van der Waals surface area contributed by atoms with Crippen LogP contribution in [0.1, 0.15) is 42.5 Å². The standard InChI is InChI=1S/C37H46N4O6/c1-24(2)33(41-19-18-38-36(45)37(41)46)35(44)39-29(20-27-14-7-5-8-15-27)22-31(42)30(21-28-16-9-6-10-17-28)40-32(43)23-47-34-25(3)12-11-13-26(34)4/h5-17,24,29-31,33,42H,18-23H2,1-4H3,(H,38,45)(H,39,44)(H,40,43)/t29-,30-,31-,33-/m0/s1. The second-order valence-electron chi connectivity index (χ2n) is 12.5. The fraction of sp³-hybridized carbons (Fsp3) is 0.405. The number of hydrogen-bond donors (Lipinski definition) is 4. The Morgan fingerprint density at radius 2 is 1.47 bits per heavy atom. The van der Waals surface area contributed by atoms with Gasteiger partial charge < -0.3 is 30.7 Å². The smallest absolute Gasteiger partial charge is 0.312 e. The van der Waals surface area contributed by atoms with Crippen molar-refractivity contribution in [3.63, 3.8) is 0 Å². The average molecular weight is 643 g/mol. The van der Waals surface area contributed by atoms with E-state index in [-0.39, 0.29) is 37.9 Å². The summed E-state index contributed by atoms with van der Waals surface area (Å²) in [7, 11) is 0. The van der Waals surface area contributed by atoms with Gasteiger partial charge in [-0.05, 0) is 61.3 Å². The molecule has 0 radical (unpaired) electrons. The quantitative estimate of drug-likeness (QED) is 0.188. The van der Waals surface area contributed by atoms with Crippen LogP contribution in [0.25, 0.3) is 0 Å². The summed E-state index contributed by atoms with van der Waals surface area (Å²) < 4.78 is 5.88. The van der Waals surface area contributed by atoms with E-state index in [1.54, 1.807) is 0 Å². The summed E-state index contributed by atoms with van der Waals surface area (Å²) in [6, 6.07) is 22.8. The maximum atomic E-state index is 13.8. The highest BCUT2D eigenvalue weighted by Gasteiger charge is 2.38. The van der Waals surface area contributed by atoms with Gasteiger partial charge in [0.25, 0.3) is 5.91 Å². The summed E-state index contributed by atoms with van der Waals surface area (Å²) in [6.07, 6.45) is -0.164. The van der Waals surface area contributed by atoms with Gasteiger partial charge in [0, 0.05) is 19.1 Å². The molecule has 0 saturated carbocycles. The van der Waals surface area contributed by atoms with Gasteiger partial charge in [0.2, 0.25) is 5.91 Å². The molecule has 1 aliphatic heterocycles. The molecule has 250 valence electrons. The van der Waals surface area contributed by atoms with Crippen molar-refractivity contribution < 1.29 is 29.0 Å². The van der Waals surface area contributed by atoms with Crippen LogP contribution in [0, 0.1) is 19.8 Å². The third kappa shape index (κ3) is 9.89. The number of piperazine rings is 1. The van der Waals surface area contributed by atoms with Crippen LogP contribution < -0.4 is 20.7 Å². The Kier molecular flexibility index (Phi) is 12.5. The van der Waals surface area contributed by atoms with Gasteiger partial charge in [-0.3, -0.25) is 19.2 Å². The van der Waals surface area contributed by atoms with Crippen molar-refractivity contribution in [2.24, 2.45) is 5.92 Å². The predicted octanol–water partition coefficient (Wildman–Crippen LogP) is 2.87. The predicted molar refractivity (Wildman–Crippen MR) is 180 cm³/mol. The normalized spacial score (nSPS) is 15.7. The molecule has 1 aliphatic rings. The fourth-order valence-electron chi connectivity index (χ4n) is 6.07. The van der Waals surface area contributed by atoms with Crippen LogP contribution in [0.15, 0.2) is 78.9 Å². The van der Waals surface area contributed by atoms with E-state index in [0.717, 1.165) is 22.3 Å². The lowest BCUT2D eigenvalue weighted by Crippen LogP contribution is -2.61. The summed E-state index contributed by atoms with van der Waals surface area (Å²) in [5.74, 6) is -1.86. The monoisotopic (exact) mass is 642 g/mol. The second-order valence-corrected chi connectivity index (χ2v) is 12.5. The number of hydrogen-bond acceptors (Lipinski definition) is 6. The first-order valence-electron chi connectivity index (χ1n) is 16.2. The molecule has 4 atom stereocenters. The van der Waals surface area contributed by atoms with Crippen molar-refractivity contribution in [2.75, 3.05) is 19.7 Å². The number of carbonyl (C=O) groups is 4. The summed E-state index contributed by atoms with van der Waals surface area (Å²) in [6.45, 7) is 7.77. The highest BCUT2D eigenvalue weighted by atomic mass is 16.5. The number of para-hydroxylation sites is 1. The molecule has 4 N–H and O–H groups in total. The van der Waals surface area contributed by atoms with Crippen LogP contribution in [0.3, 0.4) is 0 Å². The van der Waals surface area contributed by atoms with Crippen LogP contribution >= 0.6 is 0 Å². The Hall–Kier alpha value is -4.70. The van der Waals surface area contributed by atoms with Crippen molar-refractivity contribution in [1.82, 2.24) is 20.9 Å². The van der Waals surface area contributed by atoms with Gasteiger partial charge in [0.1, 0.15) is 11.8 Å². The molecule has 1 heterocycles. The van der Waals surface area contributed by atoms with Crippen LogP contribution in [-0.2, 0) is 32.0 Å². The van der Waals surface area contributed by atoms with Crippen molar-refractivity contribution in [1.29, 1.82) is 0 Å². The Balaban J connectivity index is 1.53. The summed E-state index contributed by atoms with van der Waals surface area (Å²) >= 11 is 0. The van der Waals surface area contributed by atoms with Crippen molar-refractivity contribution in [3.8, 4) is 5.75 Å². The fourth-order valence-corrected chi connectivity index (χ4v) is 6.07. The van der Waals surface area contributed by atoms with Crippen LogP contribution in [-0.4, -0.2) is 77.6 Å². The van der Waals surface area contributed by atoms with Crippen LogP contribution in [0.2, 0.25) is 0 Å². The molecule has 0 aromatic heterocycles. The van der Waals surface area contributed by atoms with Gasteiger partial charge in [-0.25, -0.2) is 0 Å². The van der Waals surface area contributed by atoms with Gasteiger partial charge in [-0.1, -0.05) is 92.7 Å². The van der Waals surface area contributed by atoms with Crippen molar-refractivity contribution >= 4 is 23.6 Å². The van der Waals surface area contributed by atoms with Gasteiger partial charge in [0.05, 0.1) is 12.1 Å². The number of aliphatic hydroxyl groups is 1. The number of nitrogens with zero attached hydrogens (tertiary/aromatic N) is 1. The van der Waals surface area contributed by atoms with Gasteiger partial charge in [0.15, 0.2) is 6.61 Å². The summed E-state index contributed by atoms with van der Waals surface area (Å²) in [5, 5.41) is 20.3. The lowest BCUT2D eigenvalue weighted by Gasteiger charge is -2.36. The highest BCUT2D eigenvalue weighted by Crippen LogP contribution is 2.22. The number of benzene rings is 3. The number of nitrogens with one attached hydrogen (secondary N) is 3. The third-order valence-corrected chi connectivity index (χ3v) is 8.39. The second kappa shape index (κ2) is 16.7. The molecule has 1 fully saturated rings. The van der Waals surface area contributed by atoms with E-state index in [0.29, 0.717) is 18.6 Å². The molecular formula is C37H46N4O6. The molecule has 0 unspecified atom stereocenters. The molecule has 3 aromatic rings. The van der Waals surface area contributed by atoms with E-state index in [2.05, 4.69) is 16.0 Å². The first-order valence-corrected chi connectivity index (χ1v) is 16.2. The largest absolute Gasteiger partial charge is 0.483 e. The van der Waals surface area contributed by atoms with Gasteiger partial charge >= 0.3 is 11.8 Å². The Labute approximate surface area is 276 Å². The van der Waals surface area contributed by atoms with E-state index in [4.69, 9.17) is 4.74 Å². The number of amides is 4. The number of aliphatic hydroxyl groups excluding tert-OH is 1. The van der Waals surface area contributed by atoms with E-state index in [9.17, 15) is 24.3 Å². The minimum Gasteiger partial charge on any atom is -0.483 e. The number of aryl methyl sites for hydroxylation is 2. The van der Waals surface area contributed by atoms with Crippen LogP contribution in [0.5, 0.6) is 5.75 Å². The topological polar surface area (TPSA) is 137 Å². The summed E-state index contributed by atoms with van der Waals surface area (Å²) in [4.78, 5) is 53.2. The number of carbonyl (C=O) groups excluding carboxylic acids is 4. The maximum Gasteiger partial charge on any atom is 0.312 e.